The van der Waals surface area contributed by atoms with Crippen LogP contribution in [0.5, 0.6) is 17.2 Å². The van der Waals surface area contributed by atoms with Crippen molar-refractivity contribution < 1.29 is 14.2 Å². The summed E-state index contributed by atoms with van der Waals surface area (Å²) in [6.07, 6.45) is 3.32. The highest BCUT2D eigenvalue weighted by atomic mass is 16.5. The predicted molar refractivity (Wildman–Crippen MR) is 126 cm³/mol. The first-order valence-corrected chi connectivity index (χ1v) is 10.3. The number of hydrogen-bond donors (Lipinski definition) is 0. The number of methoxy groups -OCH3 is 3. The molecule has 0 saturated carbocycles. The summed E-state index contributed by atoms with van der Waals surface area (Å²) in [7, 11) is 4.61. The number of aromatic nitrogens is 4. The highest BCUT2D eigenvalue weighted by Crippen LogP contribution is 2.39. The summed E-state index contributed by atoms with van der Waals surface area (Å²) in [4.78, 5) is 18.1. The third-order valence-corrected chi connectivity index (χ3v) is 5.68. The zero-order chi connectivity index (χ0) is 23.1. The highest BCUT2D eigenvalue weighted by molar-refractivity contribution is 5.86. The number of fused-ring (bicyclic) bond motifs is 3. The van der Waals surface area contributed by atoms with Gasteiger partial charge >= 0.3 is 0 Å². The van der Waals surface area contributed by atoms with Crippen LogP contribution >= 0.6 is 0 Å². The first-order chi connectivity index (χ1) is 16.1. The van der Waals surface area contributed by atoms with Crippen LogP contribution in [-0.2, 0) is 0 Å². The largest absolute Gasteiger partial charge is 0.493 e. The number of ether oxygens (including phenoxy) is 3. The molecule has 0 aliphatic carbocycles. The lowest BCUT2D eigenvalue weighted by Crippen LogP contribution is -2.19. The van der Waals surface area contributed by atoms with Gasteiger partial charge in [-0.25, -0.2) is 9.50 Å². The molecular formula is C25H22N4O4. The van der Waals surface area contributed by atoms with Crippen molar-refractivity contribution in [3.63, 3.8) is 0 Å². The van der Waals surface area contributed by atoms with Crippen LogP contribution in [-0.4, -0.2) is 40.5 Å². The van der Waals surface area contributed by atoms with E-state index in [2.05, 4.69) is 10.1 Å². The maximum absolute atomic E-state index is 13.5. The van der Waals surface area contributed by atoms with Crippen molar-refractivity contribution in [1.29, 1.82) is 0 Å². The Morgan fingerprint density at radius 3 is 2.24 bits per heavy atom. The normalized spacial score (nSPS) is 11.2. The fourth-order valence-electron chi connectivity index (χ4n) is 4.13. The number of hydrogen-bond acceptors (Lipinski definition) is 6. The van der Waals surface area contributed by atoms with Gasteiger partial charge in [0, 0.05) is 30.1 Å². The molecule has 5 rings (SSSR count). The molecule has 0 fully saturated rings. The summed E-state index contributed by atoms with van der Waals surface area (Å²) in [5.74, 6) is 1.38. The maximum Gasteiger partial charge on any atom is 0.266 e. The first kappa shape index (κ1) is 20.6. The fourth-order valence-corrected chi connectivity index (χ4v) is 4.13. The van der Waals surface area contributed by atoms with Crippen molar-refractivity contribution in [2.45, 2.75) is 6.92 Å². The summed E-state index contributed by atoms with van der Waals surface area (Å²) in [6.45, 7) is 1.94. The summed E-state index contributed by atoms with van der Waals surface area (Å²) in [6, 6.07) is 15.3. The van der Waals surface area contributed by atoms with Crippen LogP contribution in [0.25, 0.3) is 33.4 Å². The Morgan fingerprint density at radius 2 is 1.61 bits per heavy atom. The van der Waals surface area contributed by atoms with E-state index in [1.165, 1.54) is 25.9 Å². The quantitative estimate of drug-likeness (QED) is 0.409. The van der Waals surface area contributed by atoms with E-state index in [9.17, 15) is 4.79 Å². The number of benzene rings is 2. The van der Waals surface area contributed by atoms with E-state index in [0.29, 0.717) is 39.5 Å². The molecule has 2 aromatic carbocycles. The molecule has 0 N–H and O–H groups in total. The van der Waals surface area contributed by atoms with Crippen LogP contribution in [0.15, 0.2) is 65.7 Å². The van der Waals surface area contributed by atoms with Gasteiger partial charge in [0.1, 0.15) is 0 Å². The van der Waals surface area contributed by atoms with Gasteiger partial charge in [-0.15, -0.1) is 0 Å². The standard InChI is InChI=1S/C25H22N4O4/c1-15-22(16-8-6-5-7-9-16)24-26-14-18-19(29(24)27-15)10-11-28(25(18)30)17-12-20(31-2)23(33-4)21(13-17)32-3/h5-14H,1-4H3. The van der Waals surface area contributed by atoms with Crippen molar-refractivity contribution in [2.75, 3.05) is 21.3 Å². The second-order valence-electron chi connectivity index (χ2n) is 7.49. The predicted octanol–water partition coefficient (Wildman–Crippen LogP) is 4.03. The van der Waals surface area contributed by atoms with Gasteiger partial charge in [0.15, 0.2) is 17.1 Å². The molecule has 0 saturated heterocycles. The SMILES string of the molecule is COc1cc(-n2ccc3c(cnc4c(-c5ccccc5)c(C)nn43)c2=O)cc(OC)c1OC. The van der Waals surface area contributed by atoms with Crippen LogP contribution in [0, 0.1) is 6.92 Å². The third-order valence-electron chi connectivity index (χ3n) is 5.68. The molecular weight excluding hydrogens is 420 g/mol. The van der Waals surface area contributed by atoms with E-state index < -0.39 is 0 Å². The Morgan fingerprint density at radius 1 is 0.909 bits per heavy atom. The molecule has 0 amide bonds. The van der Waals surface area contributed by atoms with Crippen LogP contribution in [0.3, 0.4) is 0 Å². The number of nitrogens with zero attached hydrogens (tertiary/aromatic N) is 4. The molecule has 3 heterocycles. The minimum absolute atomic E-state index is 0.231. The monoisotopic (exact) mass is 442 g/mol. The van der Waals surface area contributed by atoms with Gasteiger partial charge in [0.2, 0.25) is 5.75 Å². The van der Waals surface area contributed by atoms with Crippen LogP contribution < -0.4 is 19.8 Å². The molecule has 0 aliphatic rings. The van der Waals surface area contributed by atoms with Gasteiger partial charge in [0.25, 0.3) is 5.56 Å². The maximum atomic E-state index is 13.5. The lowest BCUT2D eigenvalue weighted by atomic mass is 10.1. The van der Waals surface area contributed by atoms with Gasteiger partial charge in [-0.3, -0.25) is 9.36 Å². The van der Waals surface area contributed by atoms with E-state index in [1.54, 1.807) is 29.0 Å². The summed E-state index contributed by atoms with van der Waals surface area (Å²) >= 11 is 0. The zero-order valence-corrected chi connectivity index (χ0v) is 18.7. The number of pyridine rings is 1. The Labute approximate surface area is 189 Å². The van der Waals surface area contributed by atoms with Crippen LogP contribution in [0.1, 0.15) is 5.69 Å². The van der Waals surface area contributed by atoms with Crippen LogP contribution in [0.4, 0.5) is 0 Å². The van der Waals surface area contributed by atoms with Crippen LogP contribution in [0.2, 0.25) is 0 Å². The van der Waals surface area contributed by atoms with Crippen molar-refractivity contribution in [1.82, 2.24) is 19.2 Å². The smallest absolute Gasteiger partial charge is 0.266 e. The molecule has 0 bridgehead atoms. The minimum Gasteiger partial charge on any atom is -0.493 e. The van der Waals surface area contributed by atoms with Gasteiger partial charge < -0.3 is 14.2 Å². The van der Waals surface area contributed by atoms with Gasteiger partial charge in [0.05, 0.1) is 43.6 Å². The molecule has 0 radical (unpaired) electrons. The van der Waals surface area contributed by atoms with Crippen molar-refractivity contribution in [3.8, 4) is 34.1 Å². The topological polar surface area (TPSA) is 79.9 Å². The summed E-state index contributed by atoms with van der Waals surface area (Å²) in [5.41, 5.74) is 4.56. The minimum atomic E-state index is -0.231. The number of rotatable bonds is 5. The van der Waals surface area contributed by atoms with E-state index in [0.717, 1.165) is 16.8 Å². The molecule has 8 nitrogen and oxygen atoms in total. The lowest BCUT2D eigenvalue weighted by Gasteiger charge is -2.15. The summed E-state index contributed by atoms with van der Waals surface area (Å²) in [5, 5.41) is 5.13. The zero-order valence-electron chi connectivity index (χ0n) is 18.7. The Bertz CT molecular complexity index is 1530. The highest BCUT2D eigenvalue weighted by Gasteiger charge is 2.18. The molecule has 0 atom stereocenters. The van der Waals surface area contributed by atoms with Crippen molar-refractivity contribution in [3.05, 3.63) is 77.0 Å². The molecule has 0 spiro atoms. The molecule has 166 valence electrons. The average Bonchev–Trinajstić information content (AvgIpc) is 3.20. The van der Waals surface area contributed by atoms with E-state index >= 15 is 0 Å². The molecule has 5 aromatic rings. The Kier molecular flexibility index (Phi) is 4.97. The lowest BCUT2D eigenvalue weighted by molar-refractivity contribution is 0.324. The van der Waals surface area contributed by atoms with E-state index in [4.69, 9.17) is 14.2 Å². The molecule has 0 unspecified atom stereocenters. The first-order valence-electron chi connectivity index (χ1n) is 10.3. The van der Waals surface area contributed by atoms with Gasteiger partial charge in [-0.1, -0.05) is 30.3 Å². The van der Waals surface area contributed by atoms with Crippen molar-refractivity contribution in [2.24, 2.45) is 0 Å². The number of aryl methyl sites for hydroxylation is 1. The van der Waals surface area contributed by atoms with Gasteiger partial charge in [-0.05, 0) is 18.6 Å². The second kappa shape index (κ2) is 7.98. The molecule has 33 heavy (non-hydrogen) atoms. The van der Waals surface area contributed by atoms with E-state index in [-0.39, 0.29) is 5.56 Å². The third kappa shape index (κ3) is 3.18. The molecule has 3 aromatic heterocycles. The van der Waals surface area contributed by atoms with E-state index in [1.807, 2.05) is 43.3 Å². The Hall–Kier alpha value is -4.33. The van der Waals surface area contributed by atoms with Crippen molar-refractivity contribution >= 4 is 16.6 Å². The summed E-state index contributed by atoms with van der Waals surface area (Å²) < 4.78 is 19.5. The fraction of sp³-hybridized carbons (Fsp3) is 0.160. The van der Waals surface area contributed by atoms with Gasteiger partial charge in [-0.2, -0.15) is 5.10 Å². The Balaban J connectivity index is 1.73. The molecule has 8 heteroatoms. The molecule has 0 aliphatic heterocycles. The average molecular weight is 442 g/mol. The second-order valence-corrected chi connectivity index (χ2v) is 7.49.